The van der Waals surface area contributed by atoms with Gasteiger partial charge in [-0.1, -0.05) is 36.3 Å². The lowest BCUT2D eigenvalue weighted by molar-refractivity contribution is -0.135. The molecule has 7 fully saturated rings. The molecule has 0 radical (unpaired) electrons. The topological polar surface area (TPSA) is 182 Å². The first-order chi connectivity index (χ1) is 37.4. The quantitative estimate of drug-likeness (QED) is 0.122. The number of ether oxygens (including phenoxy) is 3. The molecule has 18 nitrogen and oxygen atoms in total. The number of hydrogen-bond acceptors (Lipinski definition) is 14. The standard InChI is InChI=1S/C31H42N6O6.C26H21F2N5O/c1-33-28-24(37(30(33)40)25-9-10-27(38)32-29(25)39)5-2-6-26(28)43-23-11-14-34(15-12-23)16-20-17-35(18-20)31(41)42-19-22-8-7-21-4-3-13-36(21)22;1-3-17-20(27)10-7-14-5-4-6-18(21(14)17)23-22(28)24-19(11-29-23)25(32-26(31-24)34-2)33-12-15-8-9-16(13-33)30-15/h2,5-6,20-23,25H,3-4,7-19H2,1H3,(H,32,38,39);1,4-7,10-11,15-16,30H,8-9,12-13H2,2H3. The van der Waals surface area contributed by atoms with Crippen molar-refractivity contribution < 1.29 is 37.4 Å². The number of terminal acetylenes is 1. The number of pyridine rings is 1. The number of imidazole rings is 1. The molecule has 2 bridgehead atoms. The van der Waals surface area contributed by atoms with Gasteiger partial charge < -0.3 is 34.2 Å². The molecular weight excluding hydrogens is 989 g/mol. The number of carbonyl (C=O) groups excluding carboxylic acids is 3. The van der Waals surface area contributed by atoms with Crippen molar-refractivity contribution in [3.8, 4) is 35.4 Å². The van der Waals surface area contributed by atoms with Crippen LogP contribution in [0.15, 0.2) is 59.5 Å². The molecule has 7 aliphatic heterocycles. The molecule has 20 heteroatoms. The Labute approximate surface area is 444 Å². The SMILES string of the molecule is C#Cc1c(F)ccc2cccc(-c3ncc4c(N5CC6CCC(C5)N6)nc(OC)nc4c3F)c12.Cn1c(=O)n(C2CCC(=O)NC2=O)c2cccc(OC3CCN(CC4CN(C(=O)OCC5CCC6CCCN65)C4)CC3)c21. The van der Waals surface area contributed by atoms with Gasteiger partial charge in [-0.3, -0.25) is 33.9 Å². The molecule has 7 saturated heterocycles. The summed E-state index contributed by atoms with van der Waals surface area (Å²) in [6.07, 6.45) is 16.4. The molecule has 402 valence electrons. The van der Waals surface area contributed by atoms with Crippen molar-refractivity contribution in [2.75, 3.05) is 71.0 Å². The number of piperidine rings is 2. The molecule has 7 aliphatic rings. The second kappa shape index (κ2) is 21.0. The summed E-state index contributed by atoms with van der Waals surface area (Å²) in [5.74, 6) is 2.19. The maximum atomic E-state index is 16.1. The van der Waals surface area contributed by atoms with E-state index in [0.29, 0.717) is 87.4 Å². The fraction of sp³-hybridized carbons (Fsp3) is 0.491. The molecule has 3 amide bonds. The number of halogens is 2. The van der Waals surface area contributed by atoms with Crippen molar-refractivity contribution >= 4 is 56.4 Å². The van der Waals surface area contributed by atoms with Crippen molar-refractivity contribution in [1.82, 2.24) is 49.4 Å². The third-order valence-corrected chi connectivity index (χ3v) is 17.0. The Morgan fingerprint density at radius 1 is 0.896 bits per heavy atom. The number of methoxy groups -OCH3 is 1. The lowest BCUT2D eigenvalue weighted by atomic mass is 9.96. The average Bonchev–Trinajstić information content (AvgIpc) is 4.21. The van der Waals surface area contributed by atoms with E-state index in [1.807, 2.05) is 23.1 Å². The number of aryl methyl sites for hydroxylation is 1. The molecule has 5 unspecified atom stereocenters. The fourth-order valence-corrected chi connectivity index (χ4v) is 13.2. The zero-order valence-corrected chi connectivity index (χ0v) is 43.4. The van der Waals surface area contributed by atoms with Gasteiger partial charge in [0.15, 0.2) is 5.82 Å². The second-order valence-corrected chi connectivity index (χ2v) is 21.8. The largest absolute Gasteiger partial charge is 0.488 e. The van der Waals surface area contributed by atoms with Crippen LogP contribution in [-0.4, -0.2) is 153 Å². The number of benzene rings is 3. The van der Waals surface area contributed by atoms with Crippen LogP contribution in [0.25, 0.3) is 44.0 Å². The second-order valence-electron chi connectivity index (χ2n) is 21.8. The Hall–Kier alpha value is -7.21. The van der Waals surface area contributed by atoms with Crippen LogP contribution in [0.4, 0.5) is 19.4 Å². The predicted octanol–water partition coefficient (Wildman–Crippen LogP) is 5.91. The van der Waals surface area contributed by atoms with Gasteiger partial charge in [0.1, 0.15) is 52.9 Å². The highest BCUT2D eigenvalue weighted by Gasteiger charge is 2.40. The van der Waals surface area contributed by atoms with E-state index in [1.165, 1.54) is 41.6 Å². The first-order valence-corrected chi connectivity index (χ1v) is 27.1. The Kier molecular flexibility index (Phi) is 13.8. The minimum absolute atomic E-state index is 0.0227. The average molecular weight is 1050 g/mol. The van der Waals surface area contributed by atoms with E-state index in [9.17, 15) is 23.6 Å². The Morgan fingerprint density at radius 3 is 2.45 bits per heavy atom. The molecule has 2 N–H and O–H groups in total. The van der Waals surface area contributed by atoms with Crippen molar-refractivity contribution in [2.24, 2.45) is 13.0 Å². The van der Waals surface area contributed by atoms with Crippen molar-refractivity contribution in [3.63, 3.8) is 0 Å². The zero-order chi connectivity index (χ0) is 53.1. The highest BCUT2D eigenvalue weighted by atomic mass is 19.1. The highest BCUT2D eigenvalue weighted by Crippen LogP contribution is 2.39. The summed E-state index contributed by atoms with van der Waals surface area (Å²) >= 11 is 0. The first-order valence-electron chi connectivity index (χ1n) is 27.1. The van der Waals surface area contributed by atoms with Crippen molar-refractivity contribution in [2.45, 2.75) is 101 Å². The van der Waals surface area contributed by atoms with Crippen LogP contribution in [0, 0.1) is 29.9 Å². The number of para-hydroxylation sites is 1. The zero-order valence-electron chi connectivity index (χ0n) is 43.4. The molecule has 3 aromatic heterocycles. The number of carbonyl (C=O) groups is 3. The van der Waals surface area contributed by atoms with Gasteiger partial charge in [-0.15, -0.1) is 6.42 Å². The van der Waals surface area contributed by atoms with E-state index in [1.54, 1.807) is 37.5 Å². The molecule has 10 heterocycles. The molecule has 0 spiro atoms. The molecule has 5 atom stereocenters. The van der Waals surface area contributed by atoms with Crippen LogP contribution >= 0.6 is 0 Å². The monoisotopic (exact) mass is 1050 g/mol. The predicted molar refractivity (Wildman–Crippen MR) is 285 cm³/mol. The molecule has 3 aromatic carbocycles. The molecule has 6 aromatic rings. The third-order valence-electron chi connectivity index (χ3n) is 17.0. The first kappa shape index (κ1) is 50.6. The lowest BCUT2D eigenvalue weighted by Crippen LogP contribution is -2.55. The summed E-state index contributed by atoms with van der Waals surface area (Å²) < 4.78 is 51.1. The Morgan fingerprint density at radius 2 is 1.69 bits per heavy atom. The van der Waals surface area contributed by atoms with Gasteiger partial charge in [0.05, 0.1) is 23.6 Å². The maximum absolute atomic E-state index is 16.1. The van der Waals surface area contributed by atoms with E-state index in [2.05, 4.69) is 46.2 Å². The van der Waals surface area contributed by atoms with Crippen LogP contribution in [0.2, 0.25) is 0 Å². The minimum Gasteiger partial charge on any atom is -0.488 e. The lowest BCUT2D eigenvalue weighted by Gasteiger charge is -2.42. The number of hydrogen-bond donors (Lipinski definition) is 2. The van der Waals surface area contributed by atoms with Crippen LogP contribution < -0.4 is 30.7 Å². The van der Waals surface area contributed by atoms with Gasteiger partial charge in [0, 0.05) is 107 Å². The van der Waals surface area contributed by atoms with Crippen molar-refractivity contribution in [3.05, 3.63) is 82.4 Å². The van der Waals surface area contributed by atoms with E-state index in [0.717, 1.165) is 84.5 Å². The number of nitrogens with one attached hydrogen (secondary N) is 2. The summed E-state index contributed by atoms with van der Waals surface area (Å²) in [7, 11) is 3.15. The number of amides is 3. The van der Waals surface area contributed by atoms with Crippen LogP contribution in [-0.2, 0) is 21.4 Å². The molecule has 0 saturated carbocycles. The highest BCUT2D eigenvalue weighted by molar-refractivity contribution is 6.02. The number of rotatable bonds is 10. The number of anilines is 1. The van der Waals surface area contributed by atoms with Crippen LogP contribution in [0.5, 0.6) is 11.8 Å². The van der Waals surface area contributed by atoms with E-state index in [-0.39, 0.29) is 53.0 Å². The Bertz CT molecular complexity index is 3390. The maximum Gasteiger partial charge on any atom is 0.409 e. The van der Waals surface area contributed by atoms with E-state index in [4.69, 9.17) is 20.6 Å². The van der Waals surface area contributed by atoms with Crippen molar-refractivity contribution in [1.29, 1.82) is 0 Å². The summed E-state index contributed by atoms with van der Waals surface area (Å²) in [6.45, 7) is 7.51. The molecule has 0 aliphatic carbocycles. The van der Waals surface area contributed by atoms with Gasteiger partial charge in [-0.05, 0) is 87.9 Å². The number of fused-ring (bicyclic) bond motifs is 6. The van der Waals surface area contributed by atoms with E-state index < -0.39 is 23.6 Å². The summed E-state index contributed by atoms with van der Waals surface area (Å²) in [6, 6.07) is 15.0. The fourth-order valence-electron chi connectivity index (χ4n) is 13.2. The van der Waals surface area contributed by atoms with Crippen LogP contribution in [0.1, 0.15) is 75.8 Å². The van der Waals surface area contributed by atoms with Gasteiger partial charge >= 0.3 is 17.8 Å². The normalized spacial score (nSPS) is 23.9. The molecular formula is C57H63F2N11O7. The van der Waals surface area contributed by atoms with Crippen LogP contribution in [0.3, 0.4) is 0 Å². The number of imide groups is 1. The minimum atomic E-state index is -0.721. The number of piperazine rings is 1. The van der Waals surface area contributed by atoms with Gasteiger partial charge in [-0.2, -0.15) is 9.97 Å². The van der Waals surface area contributed by atoms with E-state index >= 15 is 4.39 Å². The third kappa shape index (κ3) is 9.60. The van der Waals surface area contributed by atoms with Gasteiger partial charge in [0.2, 0.25) is 11.8 Å². The smallest absolute Gasteiger partial charge is 0.409 e. The Balaban J connectivity index is 0.000000159. The summed E-state index contributed by atoms with van der Waals surface area (Å²) in [5, 5.41) is 7.59. The van der Waals surface area contributed by atoms with Gasteiger partial charge in [0.25, 0.3) is 0 Å². The summed E-state index contributed by atoms with van der Waals surface area (Å²) in [4.78, 5) is 72.3. The number of nitrogens with zero attached hydrogens (tertiary/aromatic N) is 9. The number of aromatic nitrogens is 5. The number of likely N-dealkylation sites (tertiary alicyclic amines) is 2. The van der Waals surface area contributed by atoms with Gasteiger partial charge in [-0.25, -0.2) is 18.4 Å². The molecule has 77 heavy (non-hydrogen) atoms. The summed E-state index contributed by atoms with van der Waals surface area (Å²) in [5.41, 5.74) is 1.63. The molecule has 13 rings (SSSR count).